The lowest BCUT2D eigenvalue weighted by molar-refractivity contribution is 0.239. The smallest absolute Gasteiger partial charge is 0.168 e. The van der Waals surface area contributed by atoms with Crippen molar-refractivity contribution in [2.45, 2.75) is 26.9 Å². The normalized spacial score (nSPS) is 12.6. The van der Waals surface area contributed by atoms with Gasteiger partial charge in [-0.3, -0.25) is 0 Å². The van der Waals surface area contributed by atoms with E-state index < -0.39 is 0 Å². The quantitative estimate of drug-likeness (QED) is 0.775. The van der Waals surface area contributed by atoms with E-state index in [4.69, 9.17) is 9.84 Å². The van der Waals surface area contributed by atoms with Gasteiger partial charge >= 0.3 is 0 Å². The van der Waals surface area contributed by atoms with Gasteiger partial charge in [0.25, 0.3) is 0 Å². The highest BCUT2D eigenvalue weighted by Crippen LogP contribution is 2.22. The summed E-state index contributed by atoms with van der Waals surface area (Å²) < 4.78 is 5.62. The third-order valence-electron chi connectivity index (χ3n) is 2.06. The maximum Gasteiger partial charge on any atom is 0.168 e. The number of nitrogens with zero attached hydrogens (tertiary/aromatic N) is 1. The summed E-state index contributed by atoms with van der Waals surface area (Å²) in [6, 6.07) is 3.73. The summed E-state index contributed by atoms with van der Waals surface area (Å²) in [6.45, 7) is 6.78. The molecule has 2 N–H and O–H groups in total. The Hall–Kier alpha value is -1.29. The zero-order valence-electron chi connectivity index (χ0n) is 10.1. The number of ether oxygens (including phenoxy) is 1. The number of aromatic nitrogens is 1. The zero-order valence-corrected chi connectivity index (χ0v) is 10.1. The summed E-state index contributed by atoms with van der Waals surface area (Å²) >= 11 is 0. The van der Waals surface area contributed by atoms with Crippen molar-refractivity contribution in [2.75, 3.05) is 18.5 Å². The fraction of sp³-hybridized carbons (Fsp3) is 0.583. The Bertz CT molecular complexity index is 316. The molecule has 0 saturated carbocycles. The van der Waals surface area contributed by atoms with Gasteiger partial charge in [-0.2, -0.15) is 0 Å². The van der Waals surface area contributed by atoms with Gasteiger partial charge in [-0.25, -0.2) is 4.98 Å². The predicted molar refractivity (Wildman–Crippen MR) is 64.7 cm³/mol. The van der Waals surface area contributed by atoms with Crippen LogP contribution >= 0.6 is 0 Å². The van der Waals surface area contributed by atoms with Crippen LogP contribution in [0.15, 0.2) is 18.3 Å². The first-order chi connectivity index (χ1) is 7.63. The molecule has 0 saturated heterocycles. The van der Waals surface area contributed by atoms with E-state index in [0.29, 0.717) is 6.54 Å². The van der Waals surface area contributed by atoms with Crippen LogP contribution in [0, 0.1) is 5.92 Å². The van der Waals surface area contributed by atoms with E-state index in [1.165, 1.54) is 0 Å². The number of anilines is 1. The Labute approximate surface area is 96.7 Å². The number of hydrogen-bond donors (Lipinski definition) is 2. The van der Waals surface area contributed by atoms with Gasteiger partial charge in [0, 0.05) is 19.3 Å². The number of hydrogen-bond acceptors (Lipinski definition) is 4. The third kappa shape index (κ3) is 4.06. The first-order valence-corrected chi connectivity index (χ1v) is 5.60. The van der Waals surface area contributed by atoms with Crippen LogP contribution in [0.5, 0.6) is 5.75 Å². The van der Waals surface area contributed by atoms with Crippen LogP contribution in [0.2, 0.25) is 0 Å². The van der Waals surface area contributed by atoms with Crippen LogP contribution in [0.3, 0.4) is 0 Å². The molecule has 1 aromatic rings. The fourth-order valence-corrected chi connectivity index (χ4v) is 1.21. The molecule has 90 valence electrons. The molecule has 1 aromatic heterocycles. The highest BCUT2D eigenvalue weighted by molar-refractivity contribution is 5.49. The molecule has 4 nitrogen and oxygen atoms in total. The van der Waals surface area contributed by atoms with Crippen molar-refractivity contribution >= 4 is 5.82 Å². The maximum absolute atomic E-state index is 8.94. The number of rotatable bonds is 6. The average Bonchev–Trinajstić information content (AvgIpc) is 2.26. The van der Waals surface area contributed by atoms with Crippen LogP contribution in [0.25, 0.3) is 0 Å². The molecule has 0 amide bonds. The molecular weight excluding hydrogens is 204 g/mol. The van der Waals surface area contributed by atoms with Gasteiger partial charge in [0.1, 0.15) is 0 Å². The summed E-state index contributed by atoms with van der Waals surface area (Å²) in [5.41, 5.74) is 0. The largest absolute Gasteiger partial charge is 0.487 e. The van der Waals surface area contributed by atoms with E-state index in [1.54, 1.807) is 6.20 Å². The number of pyridine rings is 1. The Morgan fingerprint density at radius 3 is 2.81 bits per heavy atom. The van der Waals surface area contributed by atoms with Crippen molar-refractivity contribution in [3.05, 3.63) is 18.3 Å². The molecule has 0 aliphatic rings. The molecule has 0 fully saturated rings. The molecule has 1 unspecified atom stereocenters. The molecule has 1 rings (SSSR count). The van der Waals surface area contributed by atoms with Crippen molar-refractivity contribution in [3.63, 3.8) is 0 Å². The van der Waals surface area contributed by atoms with E-state index in [1.807, 2.05) is 32.9 Å². The summed E-state index contributed by atoms with van der Waals surface area (Å²) in [7, 11) is 0. The van der Waals surface area contributed by atoms with E-state index in [0.717, 1.165) is 11.6 Å². The maximum atomic E-state index is 8.94. The van der Waals surface area contributed by atoms with Gasteiger partial charge in [0.2, 0.25) is 0 Å². The highest BCUT2D eigenvalue weighted by atomic mass is 16.5. The summed E-state index contributed by atoms with van der Waals surface area (Å²) in [6.07, 6.45) is 1.85. The third-order valence-corrected chi connectivity index (χ3v) is 2.06. The Morgan fingerprint density at radius 1 is 1.44 bits per heavy atom. The van der Waals surface area contributed by atoms with Gasteiger partial charge in [-0.05, 0) is 31.9 Å². The molecular formula is C12H20N2O2. The van der Waals surface area contributed by atoms with Crippen molar-refractivity contribution in [1.82, 2.24) is 4.98 Å². The minimum absolute atomic E-state index is 0.125. The van der Waals surface area contributed by atoms with Crippen LogP contribution in [0.1, 0.15) is 20.8 Å². The molecule has 0 spiro atoms. The Kier molecular flexibility index (Phi) is 5.05. The first kappa shape index (κ1) is 12.8. The van der Waals surface area contributed by atoms with Crippen molar-refractivity contribution in [3.8, 4) is 5.75 Å². The lowest BCUT2D eigenvalue weighted by Gasteiger charge is -2.15. The van der Waals surface area contributed by atoms with Gasteiger partial charge in [0.05, 0.1) is 6.10 Å². The number of aliphatic hydroxyl groups is 1. The summed E-state index contributed by atoms with van der Waals surface area (Å²) in [5, 5.41) is 12.1. The monoisotopic (exact) mass is 224 g/mol. The molecule has 0 bridgehead atoms. The van der Waals surface area contributed by atoms with Gasteiger partial charge < -0.3 is 15.2 Å². The van der Waals surface area contributed by atoms with E-state index >= 15 is 0 Å². The lowest BCUT2D eigenvalue weighted by atomic mass is 10.2. The minimum Gasteiger partial charge on any atom is -0.487 e. The number of aliphatic hydroxyl groups excluding tert-OH is 1. The van der Waals surface area contributed by atoms with Gasteiger partial charge in [-0.15, -0.1) is 0 Å². The highest BCUT2D eigenvalue weighted by Gasteiger charge is 2.07. The molecule has 0 aliphatic carbocycles. The second-order valence-corrected chi connectivity index (χ2v) is 4.19. The second kappa shape index (κ2) is 6.33. The van der Waals surface area contributed by atoms with Crippen molar-refractivity contribution in [1.29, 1.82) is 0 Å². The molecule has 0 aromatic carbocycles. The Balaban J connectivity index is 2.63. The predicted octanol–water partition coefficient (Wildman–Crippen LogP) is 1.91. The van der Waals surface area contributed by atoms with Crippen molar-refractivity contribution in [2.24, 2.45) is 5.92 Å². The van der Waals surface area contributed by atoms with Crippen LogP contribution in [-0.4, -0.2) is 29.3 Å². The standard InChI is InChI=1S/C12H20N2O2/c1-9(2)16-11-5-4-6-13-12(11)14-7-10(3)8-15/h4-6,9-10,15H,7-8H2,1-3H3,(H,13,14). The Morgan fingerprint density at radius 2 is 2.19 bits per heavy atom. The molecule has 1 heterocycles. The van der Waals surface area contributed by atoms with Crippen LogP contribution in [0.4, 0.5) is 5.82 Å². The van der Waals surface area contributed by atoms with Gasteiger partial charge in [0.15, 0.2) is 11.6 Å². The zero-order chi connectivity index (χ0) is 12.0. The average molecular weight is 224 g/mol. The first-order valence-electron chi connectivity index (χ1n) is 5.60. The second-order valence-electron chi connectivity index (χ2n) is 4.19. The molecule has 4 heteroatoms. The summed E-state index contributed by atoms with van der Waals surface area (Å²) in [4.78, 5) is 4.22. The van der Waals surface area contributed by atoms with Crippen LogP contribution in [-0.2, 0) is 0 Å². The molecule has 0 aliphatic heterocycles. The number of nitrogens with one attached hydrogen (secondary N) is 1. The lowest BCUT2D eigenvalue weighted by Crippen LogP contribution is -2.16. The molecule has 1 atom stereocenters. The molecule has 0 radical (unpaired) electrons. The fourth-order valence-electron chi connectivity index (χ4n) is 1.21. The molecule has 16 heavy (non-hydrogen) atoms. The van der Waals surface area contributed by atoms with Crippen LogP contribution < -0.4 is 10.1 Å². The van der Waals surface area contributed by atoms with Gasteiger partial charge in [-0.1, -0.05) is 6.92 Å². The van der Waals surface area contributed by atoms with E-state index in [9.17, 15) is 0 Å². The van der Waals surface area contributed by atoms with Crippen molar-refractivity contribution < 1.29 is 9.84 Å². The SMILES string of the molecule is CC(CO)CNc1ncccc1OC(C)C. The van der Waals surface area contributed by atoms with E-state index in [-0.39, 0.29) is 18.6 Å². The topological polar surface area (TPSA) is 54.4 Å². The minimum atomic E-state index is 0.125. The summed E-state index contributed by atoms with van der Waals surface area (Å²) in [5.74, 6) is 1.69. The van der Waals surface area contributed by atoms with E-state index in [2.05, 4.69) is 10.3 Å².